The Morgan fingerprint density at radius 2 is 2.55 bits per heavy atom. The van der Waals surface area contributed by atoms with Gasteiger partial charge in [-0.1, -0.05) is 6.08 Å². The molecule has 3 nitrogen and oxygen atoms in total. The molecule has 1 rings (SSSR count). The molecule has 58 valence electrons. The van der Waals surface area contributed by atoms with Gasteiger partial charge in [0.15, 0.2) is 6.29 Å². The van der Waals surface area contributed by atoms with E-state index >= 15 is 0 Å². The summed E-state index contributed by atoms with van der Waals surface area (Å²) in [6.07, 6.45) is 4.11. The van der Waals surface area contributed by atoms with Crippen LogP contribution >= 0.6 is 0 Å². The van der Waals surface area contributed by atoms with Crippen molar-refractivity contribution in [1.82, 2.24) is 9.78 Å². The highest BCUT2D eigenvalue weighted by Gasteiger charge is 2.02. The summed E-state index contributed by atoms with van der Waals surface area (Å²) in [7, 11) is 0. The van der Waals surface area contributed by atoms with E-state index in [0.29, 0.717) is 12.1 Å². The minimum Gasteiger partial charge on any atom is -0.298 e. The number of allylic oxidation sites excluding steroid dienone is 1. The Balaban J connectivity index is 2.99. The molecular weight excluding hydrogens is 140 g/mol. The molecule has 0 spiro atoms. The monoisotopic (exact) mass is 150 g/mol. The molecule has 3 heteroatoms. The minimum atomic E-state index is 0.645. The minimum absolute atomic E-state index is 0.645. The van der Waals surface area contributed by atoms with E-state index in [9.17, 15) is 4.79 Å². The molecule has 11 heavy (non-hydrogen) atoms. The number of carbonyl (C=O) groups is 1. The first-order chi connectivity index (χ1) is 5.29. The fourth-order valence-corrected chi connectivity index (χ4v) is 0.883. The summed E-state index contributed by atoms with van der Waals surface area (Å²) in [5.41, 5.74) is 1.53. The molecule has 0 radical (unpaired) electrons. The van der Waals surface area contributed by atoms with Crippen molar-refractivity contribution in [3.8, 4) is 0 Å². The zero-order valence-electron chi connectivity index (χ0n) is 6.45. The summed E-state index contributed by atoms with van der Waals surface area (Å²) >= 11 is 0. The fraction of sp³-hybridized carbons (Fsp3) is 0.250. The SMILES string of the molecule is C=CCn1ncc(C=O)c1C. The summed E-state index contributed by atoms with van der Waals surface area (Å²) in [4.78, 5) is 10.4. The van der Waals surface area contributed by atoms with Crippen LogP contribution in [0.5, 0.6) is 0 Å². The first-order valence-electron chi connectivity index (χ1n) is 3.38. The Kier molecular flexibility index (Phi) is 2.21. The number of nitrogens with zero attached hydrogens (tertiary/aromatic N) is 2. The van der Waals surface area contributed by atoms with Crippen LogP contribution < -0.4 is 0 Å². The molecule has 0 fully saturated rings. The average Bonchev–Trinajstić information content (AvgIpc) is 2.34. The van der Waals surface area contributed by atoms with E-state index in [0.717, 1.165) is 12.0 Å². The molecule has 0 atom stereocenters. The lowest BCUT2D eigenvalue weighted by atomic mass is 10.3. The quantitative estimate of drug-likeness (QED) is 0.479. The molecule has 0 aliphatic rings. The van der Waals surface area contributed by atoms with E-state index in [1.54, 1.807) is 17.0 Å². The molecule has 1 aromatic rings. The maximum atomic E-state index is 10.4. The van der Waals surface area contributed by atoms with Crippen molar-refractivity contribution in [2.24, 2.45) is 0 Å². The maximum absolute atomic E-state index is 10.4. The van der Waals surface area contributed by atoms with Gasteiger partial charge < -0.3 is 0 Å². The lowest BCUT2D eigenvalue weighted by Crippen LogP contribution is -1.99. The third kappa shape index (κ3) is 1.37. The lowest BCUT2D eigenvalue weighted by Gasteiger charge is -1.97. The second-order valence-electron chi connectivity index (χ2n) is 2.27. The topological polar surface area (TPSA) is 34.9 Å². The molecule has 0 bridgehead atoms. The number of hydrogen-bond acceptors (Lipinski definition) is 2. The smallest absolute Gasteiger partial charge is 0.153 e. The van der Waals surface area contributed by atoms with Crippen LogP contribution in [0.15, 0.2) is 18.9 Å². The number of aldehydes is 1. The largest absolute Gasteiger partial charge is 0.298 e. The van der Waals surface area contributed by atoms with Crippen LogP contribution in [-0.2, 0) is 6.54 Å². The maximum Gasteiger partial charge on any atom is 0.153 e. The van der Waals surface area contributed by atoms with Crippen LogP contribution in [0.25, 0.3) is 0 Å². The fourth-order valence-electron chi connectivity index (χ4n) is 0.883. The van der Waals surface area contributed by atoms with Crippen molar-refractivity contribution in [3.05, 3.63) is 30.1 Å². The van der Waals surface area contributed by atoms with Gasteiger partial charge in [0.05, 0.1) is 18.3 Å². The van der Waals surface area contributed by atoms with E-state index in [-0.39, 0.29) is 0 Å². The molecule has 0 aliphatic heterocycles. The molecule has 0 N–H and O–H groups in total. The first kappa shape index (κ1) is 7.72. The molecule has 0 aromatic carbocycles. The number of aromatic nitrogens is 2. The Labute approximate surface area is 65.3 Å². The van der Waals surface area contributed by atoms with E-state index < -0.39 is 0 Å². The van der Waals surface area contributed by atoms with E-state index in [4.69, 9.17) is 0 Å². The highest BCUT2D eigenvalue weighted by atomic mass is 16.1. The molecule has 0 unspecified atom stereocenters. The summed E-state index contributed by atoms with van der Waals surface area (Å²) in [5.74, 6) is 0. The van der Waals surface area contributed by atoms with Gasteiger partial charge in [0.2, 0.25) is 0 Å². The Bertz CT molecular complexity index is 276. The number of rotatable bonds is 3. The van der Waals surface area contributed by atoms with Crippen molar-refractivity contribution in [2.75, 3.05) is 0 Å². The average molecular weight is 150 g/mol. The van der Waals surface area contributed by atoms with Crippen LogP contribution in [0.2, 0.25) is 0 Å². The predicted octanol–water partition coefficient (Wildman–Crippen LogP) is 1.19. The second kappa shape index (κ2) is 3.14. The molecule has 1 heterocycles. The van der Waals surface area contributed by atoms with Gasteiger partial charge in [-0.2, -0.15) is 5.10 Å². The zero-order chi connectivity index (χ0) is 8.27. The van der Waals surface area contributed by atoms with Crippen LogP contribution in [0.3, 0.4) is 0 Å². The third-order valence-corrected chi connectivity index (χ3v) is 1.57. The zero-order valence-corrected chi connectivity index (χ0v) is 6.45. The Morgan fingerprint density at radius 3 is 3.00 bits per heavy atom. The first-order valence-corrected chi connectivity index (χ1v) is 3.38. The van der Waals surface area contributed by atoms with Gasteiger partial charge in [-0.3, -0.25) is 9.48 Å². The van der Waals surface area contributed by atoms with Gasteiger partial charge in [-0.05, 0) is 6.92 Å². The highest BCUT2D eigenvalue weighted by Crippen LogP contribution is 2.03. The molecule has 0 amide bonds. The molecule has 0 saturated heterocycles. The summed E-state index contributed by atoms with van der Waals surface area (Å²) in [5, 5.41) is 3.99. The molecule has 0 aliphatic carbocycles. The standard InChI is InChI=1S/C8H10N2O/c1-3-4-10-7(2)8(6-11)5-9-10/h3,5-6H,1,4H2,2H3. The number of hydrogen-bond donors (Lipinski definition) is 0. The normalized spacial score (nSPS) is 9.55. The summed E-state index contributed by atoms with van der Waals surface area (Å²) in [6.45, 7) is 6.10. The lowest BCUT2D eigenvalue weighted by molar-refractivity contribution is 0.112. The van der Waals surface area contributed by atoms with Crippen molar-refractivity contribution >= 4 is 6.29 Å². The van der Waals surface area contributed by atoms with E-state index in [2.05, 4.69) is 11.7 Å². The predicted molar refractivity (Wildman–Crippen MR) is 42.5 cm³/mol. The third-order valence-electron chi connectivity index (χ3n) is 1.57. The van der Waals surface area contributed by atoms with Gasteiger partial charge >= 0.3 is 0 Å². The van der Waals surface area contributed by atoms with E-state index in [1.165, 1.54) is 0 Å². The van der Waals surface area contributed by atoms with Gasteiger partial charge in [-0.25, -0.2) is 0 Å². The summed E-state index contributed by atoms with van der Waals surface area (Å²) in [6, 6.07) is 0. The van der Waals surface area contributed by atoms with Gasteiger partial charge in [0.1, 0.15) is 0 Å². The van der Waals surface area contributed by atoms with Crippen molar-refractivity contribution in [2.45, 2.75) is 13.5 Å². The van der Waals surface area contributed by atoms with Gasteiger partial charge in [0.25, 0.3) is 0 Å². The second-order valence-corrected chi connectivity index (χ2v) is 2.27. The van der Waals surface area contributed by atoms with Crippen molar-refractivity contribution in [3.63, 3.8) is 0 Å². The van der Waals surface area contributed by atoms with Crippen LogP contribution in [0.1, 0.15) is 16.1 Å². The summed E-state index contributed by atoms with van der Waals surface area (Å²) < 4.78 is 1.73. The van der Waals surface area contributed by atoms with E-state index in [1.807, 2.05) is 6.92 Å². The number of carbonyl (C=O) groups excluding carboxylic acids is 1. The Morgan fingerprint density at radius 1 is 1.82 bits per heavy atom. The Hall–Kier alpha value is -1.38. The molecule has 0 saturated carbocycles. The van der Waals surface area contributed by atoms with Crippen molar-refractivity contribution < 1.29 is 4.79 Å². The molecule has 1 aromatic heterocycles. The van der Waals surface area contributed by atoms with Crippen LogP contribution in [0.4, 0.5) is 0 Å². The van der Waals surface area contributed by atoms with Crippen LogP contribution in [-0.4, -0.2) is 16.1 Å². The van der Waals surface area contributed by atoms with Gasteiger partial charge in [0, 0.05) is 5.69 Å². The van der Waals surface area contributed by atoms with Crippen molar-refractivity contribution in [1.29, 1.82) is 0 Å². The molecular formula is C8H10N2O. The van der Waals surface area contributed by atoms with Gasteiger partial charge in [-0.15, -0.1) is 6.58 Å². The van der Waals surface area contributed by atoms with Crippen LogP contribution in [0, 0.1) is 6.92 Å². The highest BCUT2D eigenvalue weighted by molar-refractivity contribution is 5.75.